The summed E-state index contributed by atoms with van der Waals surface area (Å²) >= 11 is 3.46. The summed E-state index contributed by atoms with van der Waals surface area (Å²) in [4.78, 5) is 0. The minimum atomic E-state index is 0.892. The number of rotatable bonds is 0. The molecule has 48 valence electrons. The SMILES string of the molecule is C[C@@H]1CCCN(Br)C1. The van der Waals surface area contributed by atoms with E-state index >= 15 is 0 Å². The van der Waals surface area contributed by atoms with Gasteiger partial charge >= 0.3 is 0 Å². The first kappa shape index (κ1) is 6.56. The van der Waals surface area contributed by atoms with Gasteiger partial charge in [0.05, 0.1) is 0 Å². The van der Waals surface area contributed by atoms with Crippen LogP contribution >= 0.6 is 16.1 Å². The van der Waals surface area contributed by atoms with Crippen molar-refractivity contribution >= 4 is 16.1 Å². The molecule has 1 aliphatic rings. The highest BCUT2D eigenvalue weighted by Gasteiger charge is 2.12. The van der Waals surface area contributed by atoms with Crippen LogP contribution in [0.2, 0.25) is 0 Å². The lowest BCUT2D eigenvalue weighted by Crippen LogP contribution is -2.25. The minimum Gasteiger partial charge on any atom is -0.242 e. The number of hydrogen-bond donors (Lipinski definition) is 0. The molecule has 1 atom stereocenters. The van der Waals surface area contributed by atoms with E-state index in [9.17, 15) is 0 Å². The second-order valence-corrected chi connectivity index (χ2v) is 3.62. The zero-order valence-corrected chi connectivity index (χ0v) is 6.82. The van der Waals surface area contributed by atoms with Gasteiger partial charge in [-0.1, -0.05) is 6.92 Å². The molecule has 1 saturated heterocycles. The molecule has 0 aliphatic carbocycles. The van der Waals surface area contributed by atoms with Crippen LogP contribution in [0, 0.1) is 5.92 Å². The molecule has 1 nitrogen and oxygen atoms in total. The van der Waals surface area contributed by atoms with Gasteiger partial charge in [-0.3, -0.25) is 0 Å². The predicted octanol–water partition coefficient (Wildman–Crippen LogP) is 2.03. The Morgan fingerprint density at radius 2 is 2.38 bits per heavy atom. The Morgan fingerprint density at radius 1 is 1.62 bits per heavy atom. The van der Waals surface area contributed by atoms with Gasteiger partial charge in [0.2, 0.25) is 0 Å². The van der Waals surface area contributed by atoms with Crippen molar-refractivity contribution in [3.8, 4) is 0 Å². The maximum absolute atomic E-state index is 3.46. The van der Waals surface area contributed by atoms with Crippen molar-refractivity contribution in [3.63, 3.8) is 0 Å². The number of nitrogens with zero attached hydrogens (tertiary/aromatic N) is 1. The molecule has 0 aromatic carbocycles. The molecule has 0 saturated carbocycles. The van der Waals surface area contributed by atoms with E-state index in [0.717, 1.165) is 5.92 Å². The van der Waals surface area contributed by atoms with Gasteiger partial charge < -0.3 is 0 Å². The van der Waals surface area contributed by atoms with Crippen molar-refractivity contribution in [2.24, 2.45) is 5.92 Å². The normalized spacial score (nSPS) is 33.0. The molecule has 0 N–H and O–H groups in total. The molecule has 1 aliphatic heterocycles. The Morgan fingerprint density at radius 3 is 2.75 bits per heavy atom. The van der Waals surface area contributed by atoms with Crippen molar-refractivity contribution < 1.29 is 0 Å². The number of halogens is 1. The van der Waals surface area contributed by atoms with Crippen LogP contribution in [0.4, 0.5) is 0 Å². The Labute approximate surface area is 59.4 Å². The second kappa shape index (κ2) is 2.83. The average Bonchev–Trinajstić information content (AvgIpc) is 1.64. The zero-order chi connectivity index (χ0) is 5.98. The van der Waals surface area contributed by atoms with Crippen LogP contribution < -0.4 is 0 Å². The molecule has 0 radical (unpaired) electrons. The summed E-state index contributed by atoms with van der Waals surface area (Å²) in [5, 5.41) is 0. The van der Waals surface area contributed by atoms with Crippen LogP contribution in [-0.2, 0) is 0 Å². The van der Waals surface area contributed by atoms with Crippen molar-refractivity contribution in [1.29, 1.82) is 0 Å². The molecule has 0 spiro atoms. The van der Waals surface area contributed by atoms with E-state index in [1.165, 1.54) is 25.9 Å². The largest absolute Gasteiger partial charge is 0.242 e. The standard InChI is InChI=1S/C6H12BrN/c1-6-3-2-4-8(7)5-6/h6H,2-5H2,1H3/t6-/m1/s1. The maximum Gasteiger partial charge on any atom is 0.0120 e. The first-order chi connectivity index (χ1) is 3.79. The van der Waals surface area contributed by atoms with Crippen molar-refractivity contribution in [3.05, 3.63) is 0 Å². The molecule has 1 heterocycles. The van der Waals surface area contributed by atoms with Crippen LogP contribution in [0.15, 0.2) is 0 Å². The minimum absolute atomic E-state index is 0.892. The molecule has 0 aromatic rings. The van der Waals surface area contributed by atoms with E-state index < -0.39 is 0 Å². The summed E-state index contributed by atoms with van der Waals surface area (Å²) < 4.78 is 2.22. The van der Waals surface area contributed by atoms with Crippen LogP contribution in [0.3, 0.4) is 0 Å². The topological polar surface area (TPSA) is 3.24 Å². The fraction of sp³-hybridized carbons (Fsp3) is 1.00. The zero-order valence-electron chi connectivity index (χ0n) is 5.23. The fourth-order valence-corrected chi connectivity index (χ4v) is 1.88. The second-order valence-electron chi connectivity index (χ2n) is 2.62. The van der Waals surface area contributed by atoms with E-state index in [1.54, 1.807) is 0 Å². The van der Waals surface area contributed by atoms with E-state index in [-0.39, 0.29) is 0 Å². The summed E-state index contributed by atoms with van der Waals surface area (Å²) in [5.41, 5.74) is 0. The lowest BCUT2D eigenvalue weighted by atomic mass is 10.0. The molecule has 0 bridgehead atoms. The molecule has 8 heavy (non-hydrogen) atoms. The highest BCUT2D eigenvalue weighted by Crippen LogP contribution is 2.17. The number of piperidine rings is 1. The van der Waals surface area contributed by atoms with E-state index in [2.05, 4.69) is 27.0 Å². The van der Waals surface area contributed by atoms with Gasteiger partial charge in [0.15, 0.2) is 0 Å². The van der Waals surface area contributed by atoms with Gasteiger partial charge in [-0.2, -0.15) is 0 Å². The van der Waals surface area contributed by atoms with Crippen molar-refractivity contribution in [1.82, 2.24) is 3.93 Å². The van der Waals surface area contributed by atoms with Crippen LogP contribution in [0.25, 0.3) is 0 Å². The van der Waals surface area contributed by atoms with E-state index in [1.807, 2.05) is 0 Å². The quantitative estimate of drug-likeness (QED) is 0.513. The molecule has 2 heteroatoms. The Kier molecular flexibility index (Phi) is 2.32. The van der Waals surface area contributed by atoms with E-state index in [0.29, 0.717) is 0 Å². The summed E-state index contributed by atoms with van der Waals surface area (Å²) in [6.07, 6.45) is 2.76. The molecular formula is C6H12BrN. The lowest BCUT2D eigenvalue weighted by Gasteiger charge is -2.24. The molecule has 0 unspecified atom stereocenters. The highest BCUT2D eigenvalue weighted by molar-refractivity contribution is 9.07. The maximum atomic E-state index is 3.46. The summed E-state index contributed by atoms with van der Waals surface area (Å²) in [6.45, 7) is 4.75. The smallest absolute Gasteiger partial charge is 0.0120 e. The van der Waals surface area contributed by atoms with Gasteiger partial charge in [0.25, 0.3) is 0 Å². The third kappa shape index (κ3) is 1.75. The fourth-order valence-electron chi connectivity index (χ4n) is 1.13. The van der Waals surface area contributed by atoms with Crippen LogP contribution in [-0.4, -0.2) is 17.0 Å². The molecule has 0 aromatic heterocycles. The van der Waals surface area contributed by atoms with Gasteiger partial charge in [-0.25, -0.2) is 3.93 Å². The Bertz CT molecular complexity index is 66.9. The molecule has 1 rings (SSSR count). The molecular weight excluding hydrogens is 166 g/mol. The summed E-state index contributed by atoms with van der Waals surface area (Å²) in [7, 11) is 0. The third-order valence-corrected chi connectivity index (χ3v) is 2.25. The van der Waals surface area contributed by atoms with Gasteiger partial charge in [-0.15, -0.1) is 0 Å². The third-order valence-electron chi connectivity index (χ3n) is 1.61. The first-order valence-electron chi connectivity index (χ1n) is 3.20. The average molecular weight is 178 g/mol. The Balaban J connectivity index is 2.23. The summed E-state index contributed by atoms with van der Waals surface area (Å²) in [5.74, 6) is 0.892. The van der Waals surface area contributed by atoms with Gasteiger partial charge in [-0.05, 0) is 18.8 Å². The van der Waals surface area contributed by atoms with E-state index in [4.69, 9.17) is 0 Å². The van der Waals surface area contributed by atoms with Crippen molar-refractivity contribution in [2.45, 2.75) is 19.8 Å². The molecule has 1 fully saturated rings. The molecule has 0 amide bonds. The van der Waals surface area contributed by atoms with Crippen LogP contribution in [0.1, 0.15) is 19.8 Å². The first-order valence-corrected chi connectivity index (χ1v) is 3.90. The predicted molar refractivity (Wildman–Crippen MR) is 38.9 cm³/mol. The van der Waals surface area contributed by atoms with Gasteiger partial charge in [0, 0.05) is 29.2 Å². The van der Waals surface area contributed by atoms with Gasteiger partial charge in [0.1, 0.15) is 0 Å². The van der Waals surface area contributed by atoms with Crippen LogP contribution in [0.5, 0.6) is 0 Å². The highest BCUT2D eigenvalue weighted by atomic mass is 79.9. The Hall–Kier alpha value is 0.440. The van der Waals surface area contributed by atoms with Crippen molar-refractivity contribution in [2.75, 3.05) is 13.1 Å². The number of hydrogen-bond acceptors (Lipinski definition) is 1. The summed E-state index contributed by atoms with van der Waals surface area (Å²) in [6, 6.07) is 0. The monoisotopic (exact) mass is 177 g/mol. The lowest BCUT2D eigenvalue weighted by molar-refractivity contribution is 0.311.